The Kier molecular flexibility index (Phi) is 4.62. The van der Waals surface area contributed by atoms with E-state index in [9.17, 15) is 9.18 Å². The van der Waals surface area contributed by atoms with Gasteiger partial charge in [-0.25, -0.2) is 9.87 Å². The lowest BCUT2D eigenvalue weighted by Crippen LogP contribution is -2.18. The van der Waals surface area contributed by atoms with Gasteiger partial charge in [-0.2, -0.15) is 0 Å². The van der Waals surface area contributed by atoms with Gasteiger partial charge in [-0.3, -0.25) is 14.7 Å². The summed E-state index contributed by atoms with van der Waals surface area (Å²) >= 11 is 0. The topological polar surface area (TPSA) is 80.0 Å². The Balaban J connectivity index is 1.74. The number of benzene rings is 2. The lowest BCUT2D eigenvalue weighted by molar-refractivity contribution is 0.0706. The van der Waals surface area contributed by atoms with Crippen molar-refractivity contribution in [3.8, 4) is 11.3 Å². The van der Waals surface area contributed by atoms with Crippen molar-refractivity contribution in [3.63, 3.8) is 0 Å². The Morgan fingerprint density at radius 2 is 2.04 bits per heavy atom. The molecule has 1 heterocycles. The molecule has 0 aliphatic carbocycles. The van der Waals surface area contributed by atoms with E-state index in [0.717, 1.165) is 0 Å². The second-order valence-electron chi connectivity index (χ2n) is 5.23. The molecule has 0 spiro atoms. The molecule has 0 bridgehead atoms. The van der Waals surface area contributed by atoms with Gasteiger partial charge in [0.15, 0.2) is 0 Å². The molecule has 0 unspecified atom stereocenters. The molecule has 3 rings (SSSR count). The molecule has 1 amide bonds. The molecule has 0 atom stereocenters. The molecular weight excluding hydrogens is 311 g/mol. The standard InChI is InChI=1S/C17H15FN4O2/c18-15-7-2-1-4-12(15)8-9-22-11-16(19-21-22)13-5-3-6-14(10-13)17(23)20-24/h1-7,10-11,24H,8-9H2,(H,20,23). The first-order chi connectivity index (χ1) is 11.7. The smallest absolute Gasteiger partial charge is 0.274 e. The van der Waals surface area contributed by atoms with Crippen LogP contribution < -0.4 is 5.48 Å². The first kappa shape index (κ1) is 15.8. The zero-order valence-electron chi connectivity index (χ0n) is 12.7. The number of carbonyl (C=O) groups excluding carboxylic acids is 1. The van der Waals surface area contributed by atoms with Crippen LogP contribution in [0, 0.1) is 5.82 Å². The van der Waals surface area contributed by atoms with Crippen molar-refractivity contribution in [2.75, 3.05) is 0 Å². The molecule has 122 valence electrons. The molecule has 2 aromatic carbocycles. The van der Waals surface area contributed by atoms with E-state index in [2.05, 4.69) is 10.3 Å². The van der Waals surface area contributed by atoms with Crippen LogP contribution in [0.5, 0.6) is 0 Å². The van der Waals surface area contributed by atoms with Crippen molar-refractivity contribution in [2.45, 2.75) is 13.0 Å². The van der Waals surface area contributed by atoms with Crippen molar-refractivity contribution in [1.29, 1.82) is 0 Å². The summed E-state index contributed by atoms with van der Waals surface area (Å²) in [5.74, 6) is -0.829. The highest BCUT2D eigenvalue weighted by molar-refractivity contribution is 5.94. The number of aryl methyl sites for hydroxylation is 2. The van der Waals surface area contributed by atoms with Crippen LogP contribution in [0.3, 0.4) is 0 Å². The van der Waals surface area contributed by atoms with E-state index in [-0.39, 0.29) is 5.82 Å². The van der Waals surface area contributed by atoms with E-state index in [1.165, 1.54) is 6.07 Å². The summed E-state index contributed by atoms with van der Waals surface area (Å²) in [5, 5.41) is 16.8. The lowest BCUT2D eigenvalue weighted by Gasteiger charge is -2.02. The predicted molar refractivity (Wildman–Crippen MR) is 84.8 cm³/mol. The molecule has 7 heteroatoms. The maximum absolute atomic E-state index is 13.6. The van der Waals surface area contributed by atoms with Gasteiger partial charge in [-0.15, -0.1) is 5.10 Å². The molecule has 0 fully saturated rings. The molecule has 2 N–H and O–H groups in total. The van der Waals surface area contributed by atoms with Crippen LogP contribution in [0.15, 0.2) is 54.7 Å². The minimum atomic E-state index is -0.594. The maximum atomic E-state index is 13.6. The summed E-state index contributed by atoms with van der Waals surface area (Å²) < 4.78 is 15.2. The van der Waals surface area contributed by atoms with Crippen LogP contribution >= 0.6 is 0 Å². The Labute approximate surface area is 137 Å². The molecule has 24 heavy (non-hydrogen) atoms. The largest absolute Gasteiger partial charge is 0.288 e. The average Bonchev–Trinajstić information content (AvgIpc) is 3.09. The number of nitrogens with one attached hydrogen (secondary N) is 1. The molecular formula is C17H15FN4O2. The van der Waals surface area contributed by atoms with Crippen LogP contribution in [0.1, 0.15) is 15.9 Å². The van der Waals surface area contributed by atoms with Crippen LogP contribution in [0.4, 0.5) is 4.39 Å². The zero-order chi connectivity index (χ0) is 16.9. The Hall–Kier alpha value is -3.06. The number of rotatable bonds is 5. The highest BCUT2D eigenvalue weighted by Crippen LogP contribution is 2.18. The van der Waals surface area contributed by atoms with Crippen LogP contribution in [-0.2, 0) is 13.0 Å². The van der Waals surface area contributed by atoms with Gasteiger partial charge in [-0.05, 0) is 30.2 Å². The van der Waals surface area contributed by atoms with Crippen molar-refractivity contribution < 1.29 is 14.4 Å². The molecule has 0 radical (unpaired) electrons. The molecule has 0 saturated heterocycles. The zero-order valence-corrected chi connectivity index (χ0v) is 12.7. The molecule has 0 saturated carbocycles. The summed E-state index contributed by atoms with van der Waals surface area (Å²) in [6.45, 7) is 0.491. The number of hydrogen-bond donors (Lipinski definition) is 2. The van der Waals surface area contributed by atoms with Crippen LogP contribution in [0.2, 0.25) is 0 Å². The number of nitrogens with zero attached hydrogens (tertiary/aromatic N) is 3. The monoisotopic (exact) mass is 326 g/mol. The van der Waals surface area contributed by atoms with Gasteiger partial charge in [0.25, 0.3) is 5.91 Å². The van der Waals surface area contributed by atoms with Crippen molar-refractivity contribution >= 4 is 5.91 Å². The van der Waals surface area contributed by atoms with Gasteiger partial charge in [0.05, 0.1) is 6.20 Å². The van der Waals surface area contributed by atoms with Crippen molar-refractivity contribution in [1.82, 2.24) is 20.5 Å². The van der Waals surface area contributed by atoms with E-state index in [1.807, 2.05) is 0 Å². The van der Waals surface area contributed by atoms with Gasteiger partial charge in [0.1, 0.15) is 11.5 Å². The molecule has 3 aromatic rings. The minimum absolute atomic E-state index is 0.236. The quantitative estimate of drug-likeness (QED) is 0.557. The number of hydroxylamine groups is 1. The summed E-state index contributed by atoms with van der Waals surface area (Å²) in [7, 11) is 0. The molecule has 1 aromatic heterocycles. The van der Waals surface area contributed by atoms with E-state index < -0.39 is 5.91 Å². The van der Waals surface area contributed by atoms with E-state index in [1.54, 1.807) is 58.8 Å². The highest BCUT2D eigenvalue weighted by atomic mass is 19.1. The molecule has 6 nitrogen and oxygen atoms in total. The first-order valence-corrected chi connectivity index (χ1v) is 7.36. The first-order valence-electron chi connectivity index (χ1n) is 7.36. The predicted octanol–water partition coefficient (Wildman–Crippen LogP) is 2.45. The summed E-state index contributed by atoms with van der Waals surface area (Å²) in [6, 6.07) is 13.3. The SMILES string of the molecule is O=C(NO)c1cccc(-c2cn(CCc3ccccc3F)nn2)c1. The Bertz CT molecular complexity index is 863. The van der Waals surface area contributed by atoms with Crippen molar-refractivity contribution in [2.24, 2.45) is 0 Å². The fourth-order valence-electron chi connectivity index (χ4n) is 2.36. The van der Waals surface area contributed by atoms with Gasteiger partial charge < -0.3 is 0 Å². The third kappa shape index (κ3) is 3.47. The highest BCUT2D eigenvalue weighted by Gasteiger charge is 2.09. The number of carbonyl (C=O) groups is 1. The van der Waals surface area contributed by atoms with E-state index >= 15 is 0 Å². The van der Waals surface area contributed by atoms with E-state index in [0.29, 0.717) is 35.3 Å². The van der Waals surface area contributed by atoms with Crippen LogP contribution in [-0.4, -0.2) is 26.1 Å². The summed E-state index contributed by atoms with van der Waals surface area (Å²) in [5.41, 5.74) is 3.83. The number of hydrogen-bond acceptors (Lipinski definition) is 4. The summed E-state index contributed by atoms with van der Waals surface area (Å²) in [4.78, 5) is 11.5. The Morgan fingerprint density at radius 1 is 1.21 bits per heavy atom. The molecule has 0 aliphatic rings. The van der Waals surface area contributed by atoms with Gasteiger partial charge in [-0.1, -0.05) is 35.5 Å². The fraction of sp³-hybridized carbons (Fsp3) is 0.118. The van der Waals surface area contributed by atoms with Gasteiger partial charge in [0, 0.05) is 17.7 Å². The average molecular weight is 326 g/mol. The van der Waals surface area contributed by atoms with Gasteiger partial charge in [0.2, 0.25) is 0 Å². The van der Waals surface area contributed by atoms with Gasteiger partial charge >= 0.3 is 0 Å². The minimum Gasteiger partial charge on any atom is -0.288 e. The number of halogens is 1. The van der Waals surface area contributed by atoms with Crippen LogP contribution in [0.25, 0.3) is 11.3 Å². The fourth-order valence-corrected chi connectivity index (χ4v) is 2.36. The second-order valence-corrected chi connectivity index (χ2v) is 5.23. The summed E-state index contributed by atoms with van der Waals surface area (Å²) in [6.07, 6.45) is 2.24. The number of amides is 1. The third-order valence-electron chi connectivity index (χ3n) is 3.63. The number of aromatic nitrogens is 3. The lowest BCUT2D eigenvalue weighted by atomic mass is 10.1. The Morgan fingerprint density at radius 3 is 2.83 bits per heavy atom. The second kappa shape index (κ2) is 7.01. The normalized spacial score (nSPS) is 10.6. The maximum Gasteiger partial charge on any atom is 0.274 e. The molecule has 0 aliphatic heterocycles. The third-order valence-corrected chi connectivity index (χ3v) is 3.63. The van der Waals surface area contributed by atoms with Crippen molar-refractivity contribution in [3.05, 3.63) is 71.7 Å². The van der Waals surface area contributed by atoms with E-state index in [4.69, 9.17) is 5.21 Å².